The summed E-state index contributed by atoms with van der Waals surface area (Å²) in [6, 6.07) is 0. The van der Waals surface area contributed by atoms with Crippen LogP contribution in [0.4, 0.5) is 0 Å². The normalized spacial score (nSPS) is 46.5. The highest BCUT2D eigenvalue weighted by atomic mass is 16.6. The molecule has 0 amide bonds. The van der Waals surface area contributed by atoms with Crippen molar-refractivity contribution in [2.24, 2.45) is 50.2 Å². The van der Waals surface area contributed by atoms with Crippen molar-refractivity contribution >= 4 is 23.7 Å². The third-order valence-electron chi connectivity index (χ3n) is 13.4. The van der Waals surface area contributed by atoms with Crippen molar-refractivity contribution < 1.29 is 33.8 Å². The summed E-state index contributed by atoms with van der Waals surface area (Å²) in [5.74, 6) is -1.66. The van der Waals surface area contributed by atoms with Gasteiger partial charge >= 0.3 is 17.9 Å². The summed E-state index contributed by atoms with van der Waals surface area (Å²) < 4.78 is 11.5. The van der Waals surface area contributed by atoms with E-state index in [0.29, 0.717) is 19.3 Å². The molecule has 0 spiro atoms. The van der Waals surface area contributed by atoms with E-state index in [4.69, 9.17) is 9.47 Å². The number of esters is 2. The highest BCUT2D eigenvalue weighted by molar-refractivity contribution is 5.96. The summed E-state index contributed by atoms with van der Waals surface area (Å²) in [7, 11) is 0. The molecule has 5 rings (SSSR count). The fraction of sp³-hybridized carbons (Fsp3) is 0.824. The van der Waals surface area contributed by atoms with Crippen LogP contribution in [-0.2, 0) is 28.7 Å². The van der Waals surface area contributed by atoms with Gasteiger partial charge in [-0.15, -0.1) is 0 Å². The summed E-state index contributed by atoms with van der Waals surface area (Å²) in [6.45, 7) is 16.4. The van der Waals surface area contributed by atoms with E-state index in [2.05, 4.69) is 41.5 Å². The molecule has 1 N–H and O–H groups in total. The average molecular weight is 571 g/mol. The Balaban J connectivity index is 1.60. The van der Waals surface area contributed by atoms with E-state index in [-0.39, 0.29) is 63.7 Å². The molecule has 5 aliphatic carbocycles. The molecule has 7 nitrogen and oxygen atoms in total. The molecule has 0 aromatic rings. The van der Waals surface area contributed by atoms with Gasteiger partial charge in [0.25, 0.3) is 0 Å². The summed E-state index contributed by atoms with van der Waals surface area (Å²) in [4.78, 5) is 51.5. The van der Waals surface area contributed by atoms with Gasteiger partial charge in [0, 0.05) is 25.2 Å². The van der Waals surface area contributed by atoms with E-state index in [1.807, 2.05) is 6.08 Å². The Bertz CT molecular complexity index is 1200. The van der Waals surface area contributed by atoms with Gasteiger partial charge in [0.1, 0.15) is 12.7 Å². The Hall–Kier alpha value is -2.18. The molecule has 0 heterocycles. The van der Waals surface area contributed by atoms with Crippen molar-refractivity contribution in [3.63, 3.8) is 0 Å². The maximum Gasteiger partial charge on any atom is 0.310 e. The van der Waals surface area contributed by atoms with Gasteiger partial charge in [-0.2, -0.15) is 0 Å². The summed E-state index contributed by atoms with van der Waals surface area (Å²) in [6.07, 6.45) is 8.25. The highest BCUT2D eigenvalue weighted by Gasteiger charge is 2.72. The molecule has 9 atom stereocenters. The molecular weight excluding hydrogens is 520 g/mol. The van der Waals surface area contributed by atoms with Crippen LogP contribution in [0.1, 0.15) is 113 Å². The molecule has 4 saturated carbocycles. The number of fused-ring (bicyclic) bond motifs is 7. The van der Waals surface area contributed by atoms with Gasteiger partial charge in [-0.3, -0.25) is 19.2 Å². The Morgan fingerprint density at radius 2 is 1.56 bits per heavy atom. The van der Waals surface area contributed by atoms with E-state index < -0.39 is 22.9 Å². The SMILES string of the molecule is CC(=O)OCC1(C)C(OC(C)=O)CCC2(C)C1CCC1(C)C2C(=O)C=C2C3CC(C)(C)CCC3(C(=O)O)CCC21C. The van der Waals surface area contributed by atoms with Crippen LogP contribution in [-0.4, -0.2) is 41.5 Å². The van der Waals surface area contributed by atoms with Crippen molar-refractivity contribution in [1.82, 2.24) is 0 Å². The number of carboxylic acid groups (broad SMARTS) is 1. The highest BCUT2D eigenvalue weighted by Crippen LogP contribution is 2.75. The van der Waals surface area contributed by atoms with Gasteiger partial charge in [-0.25, -0.2) is 0 Å². The first kappa shape index (κ1) is 30.3. The summed E-state index contributed by atoms with van der Waals surface area (Å²) in [5.41, 5.74) is -1.29. The molecule has 0 aromatic carbocycles. The van der Waals surface area contributed by atoms with Crippen LogP contribution in [0.2, 0.25) is 0 Å². The Morgan fingerprint density at radius 3 is 2.17 bits per heavy atom. The molecule has 0 radical (unpaired) electrons. The molecule has 4 fully saturated rings. The maximum atomic E-state index is 14.5. The van der Waals surface area contributed by atoms with E-state index >= 15 is 0 Å². The zero-order chi connectivity index (χ0) is 30.4. The van der Waals surface area contributed by atoms with Gasteiger partial charge in [0.05, 0.1) is 5.41 Å². The smallest absolute Gasteiger partial charge is 0.310 e. The minimum absolute atomic E-state index is 0.0170. The second-order valence-corrected chi connectivity index (χ2v) is 16.1. The second kappa shape index (κ2) is 9.41. The van der Waals surface area contributed by atoms with Gasteiger partial charge in [-0.05, 0) is 97.4 Å². The number of rotatable bonds is 4. The first-order valence-corrected chi connectivity index (χ1v) is 15.7. The first-order valence-electron chi connectivity index (χ1n) is 15.7. The quantitative estimate of drug-likeness (QED) is 0.383. The number of allylic oxidation sites excluding steroid dienone is 2. The summed E-state index contributed by atoms with van der Waals surface area (Å²) >= 11 is 0. The minimum Gasteiger partial charge on any atom is -0.481 e. The number of hydrogen-bond donors (Lipinski definition) is 1. The largest absolute Gasteiger partial charge is 0.481 e. The van der Waals surface area contributed by atoms with Crippen molar-refractivity contribution in [2.45, 2.75) is 119 Å². The van der Waals surface area contributed by atoms with Gasteiger partial charge in [0.15, 0.2) is 5.78 Å². The molecular formula is C34H50O7. The molecule has 5 aliphatic rings. The predicted molar refractivity (Wildman–Crippen MR) is 154 cm³/mol. The zero-order valence-electron chi connectivity index (χ0n) is 26.4. The molecule has 41 heavy (non-hydrogen) atoms. The average Bonchev–Trinajstić information content (AvgIpc) is 2.85. The molecule has 228 valence electrons. The minimum atomic E-state index is -0.796. The van der Waals surface area contributed by atoms with Crippen molar-refractivity contribution in [3.8, 4) is 0 Å². The number of carbonyl (C=O) groups is 4. The molecule has 7 heteroatoms. The summed E-state index contributed by atoms with van der Waals surface area (Å²) in [5, 5.41) is 10.6. The van der Waals surface area contributed by atoms with E-state index in [0.717, 1.165) is 44.1 Å². The number of carboxylic acids is 1. The number of ether oxygens (including phenoxy) is 2. The lowest BCUT2D eigenvalue weighted by atomic mass is 9.33. The predicted octanol–water partition coefficient (Wildman–Crippen LogP) is 6.53. The lowest BCUT2D eigenvalue weighted by Crippen LogP contribution is -2.68. The standard InChI is InChI=1S/C34H50O7/c1-20(35)40-19-31(6)25-9-12-33(8)27(30(25,5)11-10-26(31)41-21(2)36)24(37)17-22-23-18-29(3,4)13-15-34(23,28(38)39)16-14-32(22,33)7/h17,23,25-27H,9-16,18-19H2,1-8H3,(H,38,39). The molecule has 0 aliphatic heterocycles. The van der Waals surface area contributed by atoms with Crippen LogP contribution in [0.15, 0.2) is 11.6 Å². The van der Waals surface area contributed by atoms with Crippen LogP contribution < -0.4 is 0 Å². The number of aliphatic carboxylic acids is 1. The zero-order valence-corrected chi connectivity index (χ0v) is 26.4. The fourth-order valence-corrected chi connectivity index (χ4v) is 11.1. The molecule has 0 saturated heterocycles. The van der Waals surface area contributed by atoms with E-state index in [9.17, 15) is 24.3 Å². The van der Waals surface area contributed by atoms with Gasteiger partial charge in [-0.1, -0.05) is 47.1 Å². The Morgan fingerprint density at radius 1 is 0.902 bits per heavy atom. The third kappa shape index (κ3) is 4.17. The van der Waals surface area contributed by atoms with Crippen LogP contribution in [0.25, 0.3) is 0 Å². The van der Waals surface area contributed by atoms with Gasteiger partial charge < -0.3 is 14.6 Å². The Kier molecular flexibility index (Phi) is 6.95. The lowest BCUT2D eigenvalue weighted by Gasteiger charge is -2.70. The topological polar surface area (TPSA) is 107 Å². The molecule has 0 bridgehead atoms. The van der Waals surface area contributed by atoms with Crippen LogP contribution >= 0.6 is 0 Å². The van der Waals surface area contributed by atoms with Crippen LogP contribution in [0, 0.1) is 50.2 Å². The monoisotopic (exact) mass is 570 g/mol. The molecule has 9 unspecified atom stereocenters. The van der Waals surface area contributed by atoms with Crippen molar-refractivity contribution in [1.29, 1.82) is 0 Å². The lowest BCUT2D eigenvalue weighted by molar-refractivity contribution is -0.223. The second-order valence-electron chi connectivity index (χ2n) is 16.1. The number of carbonyl (C=O) groups excluding carboxylic acids is 3. The van der Waals surface area contributed by atoms with E-state index in [1.54, 1.807) is 0 Å². The fourth-order valence-electron chi connectivity index (χ4n) is 11.1. The van der Waals surface area contributed by atoms with Crippen LogP contribution in [0.5, 0.6) is 0 Å². The van der Waals surface area contributed by atoms with Crippen LogP contribution in [0.3, 0.4) is 0 Å². The van der Waals surface area contributed by atoms with Crippen molar-refractivity contribution in [3.05, 3.63) is 11.6 Å². The first-order chi connectivity index (χ1) is 18.9. The van der Waals surface area contributed by atoms with E-state index in [1.165, 1.54) is 13.8 Å². The molecule has 0 aromatic heterocycles. The van der Waals surface area contributed by atoms with Crippen molar-refractivity contribution in [2.75, 3.05) is 6.61 Å². The maximum absolute atomic E-state index is 14.5. The van der Waals surface area contributed by atoms with Gasteiger partial charge in [0.2, 0.25) is 0 Å². The Labute approximate surface area is 245 Å². The number of hydrogen-bond acceptors (Lipinski definition) is 6. The third-order valence-corrected chi connectivity index (χ3v) is 13.4. The number of ketones is 1.